The van der Waals surface area contributed by atoms with Gasteiger partial charge in [0, 0.05) is 24.7 Å². The summed E-state index contributed by atoms with van der Waals surface area (Å²) in [4.78, 5) is 16.9. The molecule has 0 aromatic heterocycles. The van der Waals surface area contributed by atoms with Gasteiger partial charge in [0.2, 0.25) is 5.91 Å². The fourth-order valence-electron chi connectivity index (χ4n) is 3.33. The molecule has 0 saturated heterocycles. The molecule has 0 radical (unpaired) electrons. The van der Waals surface area contributed by atoms with Crippen molar-refractivity contribution in [3.05, 3.63) is 65.7 Å². The van der Waals surface area contributed by atoms with Gasteiger partial charge in [-0.1, -0.05) is 60.3 Å². The maximum absolute atomic E-state index is 12.2. The molecule has 1 atom stereocenters. The predicted octanol–water partition coefficient (Wildman–Crippen LogP) is 3.90. The van der Waals surface area contributed by atoms with Crippen molar-refractivity contribution in [3.63, 3.8) is 0 Å². The molecule has 6 heteroatoms. The van der Waals surface area contributed by atoms with E-state index in [1.54, 1.807) is 0 Å². The number of fused-ring (bicyclic) bond motifs is 3. The van der Waals surface area contributed by atoms with E-state index in [0.717, 1.165) is 30.1 Å². The highest BCUT2D eigenvalue weighted by molar-refractivity contribution is 8.14. The van der Waals surface area contributed by atoms with E-state index in [9.17, 15) is 4.79 Å². The van der Waals surface area contributed by atoms with Gasteiger partial charge in [-0.2, -0.15) is 5.10 Å². The quantitative estimate of drug-likeness (QED) is 0.776. The lowest BCUT2D eigenvalue weighted by Gasteiger charge is -2.29. The maximum atomic E-state index is 12.2. The zero-order valence-corrected chi connectivity index (χ0v) is 15.9. The second-order valence-corrected chi connectivity index (χ2v) is 7.52. The van der Waals surface area contributed by atoms with E-state index >= 15 is 0 Å². The number of rotatable bonds is 6. The first-order valence-corrected chi connectivity index (χ1v) is 10.2. The fourth-order valence-corrected chi connectivity index (χ4v) is 4.16. The van der Waals surface area contributed by atoms with Crippen LogP contribution < -0.4 is 5.32 Å². The Morgan fingerprint density at radius 2 is 1.96 bits per heavy atom. The Morgan fingerprint density at radius 1 is 1.15 bits per heavy atom. The summed E-state index contributed by atoms with van der Waals surface area (Å²) >= 11 is 1.45. The molecule has 1 N–H and O–H groups in total. The Morgan fingerprint density at radius 3 is 2.85 bits per heavy atom. The molecule has 0 aliphatic carbocycles. The van der Waals surface area contributed by atoms with Gasteiger partial charge in [-0.3, -0.25) is 4.79 Å². The topological polar surface area (TPSA) is 57.1 Å². The van der Waals surface area contributed by atoms with Crippen LogP contribution >= 0.6 is 11.8 Å². The molecule has 2 heterocycles. The first-order chi connectivity index (χ1) is 13.3. The molecule has 2 aromatic carbocycles. The maximum Gasteiger partial charge on any atom is 0.230 e. The summed E-state index contributed by atoms with van der Waals surface area (Å²) in [7, 11) is 0. The molecule has 138 valence electrons. The van der Waals surface area contributed by atoms with E-state index in [0.29, 0.717) is 12.3 Å². The van der Waals surface area contributed by atoms with Crippen LogP contribution in [-0.2, 0) is 11.2 Å². The lowest BCUT2D eigenvalue weighted by molar-refractivity contribution is -0.118. The number of hydrazone groups is 1. The van der Waals surface area contributed by atoms with Crippen molar-refractivity contribution in [3.8, 4) is 0 Å². The Hall–Kier alpha value is -2.60. The van der Waals surface area contributed by atoms with Crippen LogP contribution in [-0.4, -0.2) is 34.6 Å². The Balaban J connectivity index is 1.27. The normalized spacial score (nSPS) is 17.3. The number of amides is 1. The van der Waals surface area contributed by atoms with Crippen molar-refractivity contribution in [2.75, 3.05) is 12.3 Å². The summed E-state index contributed by atoms with van der Waals surface area (Å²) in [5.41, 5.74) is 3.48. The molecule has 2 aromatic rings. The van der Waals surface area contributed by atoms with Crippen LogP contribution in [0.4, 0.5) is 5.69 Å². The van der Waals surface area contributed by atoms with Gasteiger partial charge in [-0.05, 0) is 24.5 Å². The minimum atomic E-state index is 0.0364. The van der Waals surface area contributed by atoms with Gasteiger partial charge in [0.05, 0.1) is 17.5 Å². The highest BCUT2D eigenvalue weighted by Gasteiger charge is 2.32. The van der Waals surface area contributed by atoms with Gasteiger partial charge in [-0.25, -0.2) is 10.0 Å². The van der Waals surface area contributed by atoms with Crippen LogP contribution in [0, 0.1) is 0 Å². The summed E-state index contributed by atoms with van der Waals surface area (Å²) in [5.74, 6) is 0.389. The number of nitrogens with zero attached hydrogens (tertiary/aromatic N) is 3. The van der Waals surface area contributed by atoms with Crippen molar-refractivity contribution in [1.29, 1.82) is 0 Å². The molecule has 1 unspecified atom stereocenters. The summed E-state index contributed by atoms with van der Waals surface area (Å²) < 4.78 is 0. The highest BCUT2D eigenvalue weighted by Crippen LogP contribution is 2.40. The molecule has 0 fully saturated rings. The number of hydrogen-bond acceptors (Lipinski definition) is 5. The third-order valence-corrected chi connectivity index (χ3v) is 5.62. The number of carbonyl (C=O) groups is 1. The third kappa shape index (κ3) is 4.22. The molecule has 27 heavy (non-hydrogen) atoms. The van der Waals surface area contributed by atoms with Gasteiger partial charge >= 0.3 is 0 Å². The summed E-state index contributed by atoms with van der Waals surface area (Å²) in [5, 5.41) is 10.2. The summed E-state index contributed by atoms with van der Waals surface area (Å²) in [6, 6.07) is 18.7. The van der Waals surface area contributed by atoms with Crippen LogP contribution in [0.25, 0.3) is 0 Å². The molecule has 0 bridgehead atoms. The van der Waals surface area contributed by atoms with E-state index in [4.69, 9.17) is 4.99 Å². The molecule has 0 saturated carbocycles. The molecule has 5 nitrogen and oxygen atoms in total. The van der Waals surface area contributed by atoms with Gasteiger partial charge < -0.3 is 5.32 Å². The first kappa shape index (κ1) is 17.8. The highest BCUT2D eigenvalue weighted by atomic mass is 32.2. The van der Waals surface area contributed by atoms with Crippen molar-refractivity contribution >= 4 is 34.7 Å². The lowest BCUT2D eigenvalue weighted by atomic mass is 10.0. The van der Waals surface area contributed by atoms with E-state index in [1.165, 1.54) is 22.9 Å². The standard InChI is InChI=1S/C21H22N4OS/c26-20(22-13-6-9-16-7-2-1-3-8-16)15-27-21-24-18-11-5-4-10-17(18)19-12-14-23-25(19)21/h1-5,7-8,10-11,14,19H,6,9,12-13,15H2,(H,22,26). The van der Waals surface area contributed by atoms with Gasteiger partial charge in [-0.15, -0.1) is 0 Å². The van der Waals surface area contributed by atoms with Gasteiger partial charge in [0.25, 0.3) is 0 Å². The Labute approximate surface area is 163 Å². The number of nitrogens with one attached hydrogen (secondary N) is 1. The Kier molecular flexibility index (Phi) is 5.53. The van der Waals surface area contributed by atoms with E-state index in [2.05, 4.69) is 28.6 Å². The fraction of sp³-hybridized carbons (Fsp3) is 0.286. The number of benzene rings is 2. The second-order valence-electron chi connectivity index (χ2n) is 6.58. The van der Waals surface area contributed by atoms with Crippen molar-refractivity contribution in [2.24, 2.45) is 10.1 Å². The van der Waals surface area contributed by atoms with Crippen LogP contribution in [0.15, 0.2) is 64.7 Å². The second kappa shape index (κ2) is 8.39. The van der Waals surface area contributed by atoms with Crippen LogP contribution in [0.2, 0.25) is 0 Å². The number of aryl methyl sites for hydroxylation is 1. The minimum Gasteiger partial charge on any atom is -0.355 e. The Bertz CT molecular complexity index is 865. The zero-order valence-electron chi connectivity index (χ0n) is 15.0. The summed E-state index contributed by atoms with van der Waals surface area (Å²) in [6.45, 7) is 0.689. The predicted molar refractivity (Wildman–Crippen MR) is 111 cm³/mol. The van der Waals surface area contributed by atoms with E-state index in [-0.39, 0.29) is 11.9 Å². The monoisotopic (exact) mass is 378 g/mol. The lowest BCUT2D eigenvalue weighted by Crippen LogP contribution is -2.31. The molecule has 2 aliphatic heterocycles. The number of aliphatic imine (C=N–C) groups is 1. The molecule has 1 amide bonds. The average molecular weight is 379 g/mol. The van der Waals surface area contributed by atoms with Gasteiger partial charge in [0.15, 0.2) is 5.17 Å². The number of thioether (sulfide) groups is 1. The largest absolute Gasteiger partial charge is 0.355 e. The molecular formula is C21H22N4OS. The molecule has 4 rings (SSSR count). The van der Waals surface area contributed by atoms with E-state index in [1.807, 2.05) is 47.6 Å². The number of carbonyl (C=O) groups excluding carboxylic acids is 1. The van der Waals surface area contributed by atoms with Crippen LogP contribution in [0.3, 0.4) is 0 Å². The van der Waals surface area contributed by atoms with Crippen molar-refractivity contribution in [1.82, 2.24) is 10.3 Å². The average Bonchev–Trinajstić information content (AvgIpc) is 3.21. The van der Waals surface area contributed by atoms with Crippen LogP contribution in [0.5, 0.6) is 0 Å². The van der Waals surface area contributed by atoms with Gasteiger partial charge in [0.1, 0.15) is 0 Å². The number of amidine groups is 1. The molecule has 0 spiro atoms. The van der Waals surface area contributed by atoms with Crippen molar-refractivity contribution < 1.29 is 4.79 Å². The van der Waals surface area contributed by atoms with Crippen molar-refractivity contribution in [2.45, 2.75) is 25.3 Å². The first-order valence-electron chi connectivity index (χ1n) is 9.24. The zero-order chi connectivity index (χ0) is 18.5. The SMILES string of the molecule is O=C(CSC1=Nc2ccccc2C2CC=NN12)NCCCc1ccccc1. The minimum absolute atomic E-state index is 0.0364. The molecular weight excluding hydrogens is 356 g/mol. The smallest absolute Gasteiger partial charge is 0.230 e. The number of hydrogen-bond donors (Lipinski definition) is 1. The molecule has 2 aliphatic rings. The van der Waals surface area contributed by atoms with E-state index < -0.39 is 0 Å². The third-order valence-electron chi connectivity index (χ3n) is 4.68. The number of para-hydroxylation sites is 1. The van der Waals surface area contributed by atoms with Crippen LogP contribution in [0.1, 0.15) is 30.0 Å². The summed E-state index contributed by atoms with van der Waals surface area (Å²) in [6.07, 6.45) is 4.71.